The molecule has 1 aliphatic carbocycles. The quantitative estimate of drug-likeness (QED) is 0.196. The maximum absolute atomic E-state index is 13.1. The van der Waals surface area contributed by atoms with Gasteiger partial charge in [-0.2, -0.15) is 0 Å². The second-order valence-corrected chi connectivity index (χ2v) is 13.0. The van der Waals surface area contributed by atoms with Crippen LogP contribution in [0.25, 0.3) is 22.3 Å². The van der Waals surface area contributed by atoms with Gasteiger partial charge in [0.1, 0.15) is 0 Å². The van der Waals surface area contributed by atoms with Gasteiger partial charge in [0.15, 0.2) is 18.9 Å². The summed E-state index contributed by atoms with van der Waals surface area (Å²) in [5.41, 5.74) is 13.6. The van der Waals surface area contributed by atoms with Crippen molar-refractivity contribution in [3.8, 4) is 0 Å². The molecule has 4 aromatic heterocycles. The van der Waals surface area contributed by atoms with E-state index in [9.17, 15) is 9.59 Å². The smallest absolute Gasteiger partial charge is 0.313 e. The van der Waals surface area contributed by atoms with Crippen molar-refractivity contribution in [3.05, 3.63) is 33.4 Å². The predicted molar refractivity (Wildman–Crippen MR) is 167 cm³/mol. The minimum Gasteiger partial charge on any atom is -0.355 e. The highest BCUT2D eigenvalue weighted by molar-refractivity contribution is 5.68. The number of hydrogen-bond donors (Lipinski definition) is 4. The third-order valence-corrected chi connectivity index (χ3v) is 10.0. The Morgan fingerprint density at radius 1 is 0.886 bits per heavy atom. The highest BCUT2D eigenvalue weighted by atomic mass is 16.5. The van der Waals surface area contributed by atoms with Crippen LogP contribution in [0.2, 0.25) is 0 Å². The summed E-state index contributed by atoms with van der Waals surface area (Å²) in [7, 11) is 2.04. The van der Waals surface area contributed by atoms with Gasteiger partial charge in [-0.25, -0.2) is 9.13 Å². The number of fused-ring (bicyclic) bond motifs is 2. The van der Waals surface area contributed by atoms with Gasteiger partial charge in [-0.05, 0) is 44.1 Å². The first-order valence-electron chi connectivity index (χ1n) is 16.0. The molecule has 0 bridgehead atoms. The summed E-state index contributed by atoms with van der Waals surface area (Å²) in [5.74, 6) is 1.92. The number of H-pyrrole nitrogens is 2. The molecule has 0 unspecified atom stereocenters. The van der Waals surface area contributed by atoms with E-state index >= 15 is 0 Å². The Bertz CT molecular complexity index is 1640. The molecule has 0 spiro atoms. The van der Waals surface area contributed by atoms with Gasteiger partial charge in [-0.1, -0.05) is 44.1 Å². The SMILES string of the molecule is CC[C@H]1C[C@@H]([n+]2cn(CCN(C)CCn3c[n+]([C@H]4C[C@@H](C)[C@@H](CC)O4)c4nc(N)[nH]c(=O)c43)c3c(=O)[nH]c(N)nc32)C[C@H]1C. The molecule has 0 aromatic carbocycles. The van der Waals surface area contributed by atoms with Crippen molar-refractivity contribution in [2.24, 2.45) is 17.8 Å². The normalized spacial score (nSPS) is 25.7. The molecule has 6 atom stereocenters. The third kappa shape index (κ3) is 5.49. The average Bonchev–Trinajstić information content (AvgIpc) is 3.73. The summed E-state index contributed by atoms with van der Waals surface area (Å²) in [6, 6.07) is 0.291. The van der Waals surface area contributed by atoms with Crippen LogP contribution in [0, 0.1) is 17.8 Å². The molecular weight excluding hydrogens is 562 g/mol. The zero-order chi connectivity index (χ0) is 31.3. The second-order valence-electron chi connectivity index (χ2n) is 13.0. The number of nitrogens with one attached hydrogen (secondary N) is 2. The second kappa shape index (κ2) is 12.0. The van der Waals surface area contributed by atoms with Gasteiger partial charge in [0.2, 0.25) is 11.0 Å². The minimum atomic E-state index is -0.270. The van der Waals surface area contributed by atoms with Crippen molar-refractivity contribution >= 4 is 34.2 Å². The highest BCUT2D eigenvalue weighted by Crippen LogP contribution is 2.38. The summed E-state index contributed by atoms with van der Waals surface area (Å²) in [6.45, 7) is 11.4. The molecule has 2 aliphatic rings. The minimum absolute atomic E-state index is 0.0869. The van der Waals surface area contributed by atoms with E-state index in [-0.39, 0.29) is 35.3 Å². The van der Waals surface area contributed by atoms with Gasteiger partial charge >= 0.3 is 11.3 Å². The first kappa shape index (κ1) is 30.3. The molecule has 1 saturated heterocycles. The molecule has 6 N–H and O–H groups in total. The number of nitrogen functional groups attached to an aromatic ring is 2. The summed E-state index contributed by atoms with van der Waals surface area (Å²) in [5, 5.41) is 0. The van der Waals surface area contributed by atoms with Gasteiger partial charge in [-0.3, -0.25) is 28.7 Å². The largest absolute Gasteiger partial charge is 0.355 e. The number of hydrogen-bond acceptors (Lipinski definition) is 8. The third-order valence-electron chi connectivity index (χ3n) is 10.0. The molecular formula is C30H47N11O3+2. The van der Waals surface area contributed by atoms with E-state index in [0.717, 1.165) is 32.1 Å². The molecule has 0 amide bonds. The topological polar surface area (TPSA) is 174 Å². The van der Waals surface area contributed by atoms with E-state index < -0.39 is 0 Å². The maximum Gasteiger partial charge on any atom is 0.313 e. The van der Waals surface area contributed by atoms with Crippen molar-refractivity contribution in [2.45, 2.75) is 91.3 Å². The van der Waals surface area contributed by atoms with Crippen LogP contribution in [-0.2, 0) is 17.8 Å². The van der Waals surface area contributed by atoms with Crippen molar-refractivity contribution < 1.29 is 13.9 Å². The number of anilines is 2. The van der Waals surface area contributed by atoms with Gasteiger partial charge < -0.3 is 21.1 Å². The van der Waals surface area contributed by atoms with E-state index in [1.54, 1.807) is 0 Å². The van der Waals surface area contributed by atoms with Crippen molar-refractivity contribution in [1.82, 2.24) is 34.0 Å². The Morgan fingerprint density at radius 3 is 1.98 bits per heavy atom. The lowest BCUT2D eigenvalue weighted by Gasteiger charge is -2.15. The molecule has 6 rings (SSSR count). The van der Waals surface area contributed by atoms with Crippen LogP contribution in [-0.4, -0.2) is 60.2 Å². The van der Waals surface area contributed by atoms with Crippen LogP contribution in [0.4, 0.5) is 11.9 Å². The molecule has 2 fully saturated rings. The number of nitrogens with two attached hydrogens (primary N) is 2. The monoisotopic (exact) mass is 609 g/mol. The number of ether oxygens (including phenoxy) is 1. The fourth-order valence-electron chi connectivity index (χ4n) is 7.47. The van der Waals surface area contributed by atoms with Crippen LogP contribution in [0.3, 0.4) is 0 Å². The van der Waals surface area contributed by atoms with Gasteiger partial charge in [0.05, 0.1) is 25.2 Å². The standard InChI is InChI=1S/C30H45N11O3/c1-6-19-14-20(12-17(19)3)40-15-38(23-25(40)33-29(31)35-27(23)42)10-8-37(5)9-11-39-16-41(22-13-18(4)21(7-2)44-22)26-24(39)28(43)36-30(32)34-26/h15-22H,6-14H2,1-5H3,(H4-2,31,32,33,34,35,36,42,43)/p+2/t17-,18-,19+,20+,21-,22-/m1/s1. The Kier molecular flexibility index (Phi) is 8.22. The summed E-state index contributed by atoms with van der Waals surface area (Å²) in [6.07, 6.45) is 9.01. The Labute approximate surface area is 256 Å². The first-order valence-corrected chi connectivity index (χ1v) is 16.0. The number of likely N-dealkylation sites (N-methyl/N-ethyl adjacent to an activating group) is 1. The van der Waals surface area contributed by atoms with Crippen molar-refractivity contribution in [3.63, 3.8) is 0 Å². The Morgan fingerprint density at radius 2 is 1.45 bits per heavy atom. The zero-order valence-corrected chi connectivity index (χ0v) is 26.5. The zero-order valence-electron chi connectivity index (χ0n) is 26.5. The van der Waals surface area contributed by atoms with Crippen LogP contribution < -0.4 is 31.7 Å². The lowest BCUT2D eigenvalue weighted by Crippen LogP contribution is -2.39. The lowest BCUT2D eigenvalue weighted by molar-refractivity contribution is -0.739. The van der Waals surface area contributed by atoms with E-state index in [0.29, 0.717) is 72.3 Å². The van der Waals surface area contributed by atoms with Crippen LogP contribution in [0.5, 0.6) is 0 Å². The molecule has 44 heavy (non-hydrogen) atoms. The molecule has 238 valence electrons. The summed E-state index contributed by atoms with van der Waals surface area (Å²) in [4.78, 5) is 42.7. The van der Waals surface area contributed by atoms with E-state index in [1.165, 1.54) is 0 Å². The van der Waals surface area contributed by atoms with Crippen molar-refractivity contribution in [2.75, 3.05) is 31.6 Å². The predicted octanol–water partition coefficient (Wildman–Crippen LogP) is 1.46. The highest BCUT2D eigenvalue weighted by Gasteiger charge is 2.38. The van der Waals surface area contributed by atoms with Crippen LogP contribution in [0.15, 0.2) is 22.2 Å². The first-order chi connectivity index (χ1) is 21.1. The van der Waals surface area contributed by atoms with Crippen LogP contribution in [0.1, 0.15) is 72.1 Å². The molecule has 1 saturated carbocycles. The fourth-order valence-corrected chi connectivity index (χ4v) is 7.47. The molecule has 4 aromatic rings. The van der Waals surface area contributed by atoms with Gasteiger partial charge in [0, 0.05) is 19.5 Å². The Hall–Kier alpha value is -3.78. The van der Waals surface area contributed by atoms with E-state index in [2.05, 4.69) is 57.1 Å². The molecule has 14 heteroatoms. The fraction of sp³-hybridized carbons (Fsp3) is 0.667. The molecule has 0 radical (unpaired) electrons. The van der Waals surface area contributed by atoms with Gasteiger partial charge in [0.25, 0.3) is 23.0 Å². The lowest BCUT2D eigenvalue weighted by atomic mass is 9.96. The number of imidazole rings is 2. The van der Waals surface area contributed by atoms with Crippen molar-refractivity contribution in [1.29, 1.82) is 0 Å². The number of aromatic amines is 2. The Balaban J connectivity index is 1.20. The maximum atomic E-state index is 13.1. The van der Waals surface area contributed by atoms with E-state index in [4.69, 9.17) is 16.2 Å². The van der Waals surface area contributed by atoms with E-state index in [1.807, 2.05) is 33.4 Å². The summed E-state index contributed by atoms with van der Waals surface area (Å²) < 4.78 is 14.4. The number of rotatable bonds is 10. The van der Waals surface area contributed by atoms with Gasteiger partial charge in [-0.15, -0.1) is 0 Å². The molecule has 1 aliphatic heterocycles. The van der Waals surface area contributed by atoms with Crippen LogP contribution >= 0.6 is 0 Å². The number of nitrogens with zero attached hydrogens (tertiary/aromatic N) is 7. The molecule has 5 heterocycles. The number of aromatic nitrogens is 8. The summed E-state index contributed by atoms with van der Waals surface area (Å²) >= 11 is 0. The average molecular weight is 610 g/mol. The molecule has 14 nitrogen and oxygen atoms in total.